The molecule has 0 aromatic carbocycles. The minimum Gasteiger partial charge on any atom is -0.369 e. The minimum atomic E-state index is -0.0606. The van der Waals surface area contributed by atoms with Gasteiger partial charge in [0, 0.05) is 5.92 Å². The van der Waals surface area contributed by atoms with E-state index in [1.807, 2.05) is 0 Å². The second-order valence-electron chi connectivity index (χ2n) is 4.85. The molecule has 2 bridgehead atoms. The molecule has 2 nitrogen and oxygen atoms in total. The van der Waals surface area contributed by atoms with Crippen molar-refractivity contribution >= 4 is 5.91 Å². The summed E-state index contributed by atoms with van der Waals surface area (Å²) in [6.07, 6.45) is 3.78. The Morgan fingerprint density at radius 1 is 1.46 bits per heavy atom. The summed E-state index contributed by atoms with van der Waals surface area (Å²) in [5.41, 5.74) is 5.42. The highest BCUT2D eigenvalue weighted by Crippen LogP contribution is 2.55. The van der Waals surface area contributed by atoms with Crippen LogP contribution in [-0.4, -0.2) is 5.91 Å². The molecule has 2 rings (SSSR count). The molecule has 0 saturated heterocycles. The van der Waals surface area contributed by atoms with Gasteiger partial charge in [0.2, 0.25) is 5.91 Å². The summed E-state index contributed by atoms with van der Waals surface area (Å²) in [5.74, 6) is 2.94. The van der Waals surface area contributed by atoms with Crippen molar-refractivity contribution in [2.24, 2.45) is 35.3 Å². The van der Waals surface area contributed by atoms with Crippen LogP contribution >= 0.6 is 0 Å². The molecule has 0 aliphatic heterocycles. The monoisotopic (exact) mass is 181 g/mol. The Hall–Kier alpha value is -0.530. The first-order chi connectivity index (χ1) is 6.15. The average Bonchev–Trinajstić information content (AvgIpc) is 2.59. The lowest BCUT2D eigenvalue weighted by Crippen LogP contribution is -2.35. The summed E-state index contributed by atoms with van der Waals surface area (Å²) in [5, 5.41) is 0. The van der Waals surface area contributed by atoms with Crippen LogP contribution in [0.1, 0.15) is 33.1 Å². The number of amides is 1. The van der Waals surface area contributed by atoms with Gasteiger partial charge in [-0.25, -0.2) is 0 Å². The van der Waals surface area contributed by atoms with Gasteiger partial charge in [-0.3, -0.25) is 4.79 Å². The summed E-state index contributed by atoms with van der Waals surface area (Å²) in [6, 6.07) is 0. The van der Waals surface area contributed by atoms with E-state index in [0.29, 0.717) is 11.8 Å². The zero-order chi connectivity index (χ0) is 9.59. The van der Waals surface area contributed by atoms with Crippen molar-refractivity contribution in [1.82, 2.24) is 0 Å². The smallest absolute Gasteiger partial charge is 0.221 e. The number of hydrogen-bond acceptors (Lipinski definition) is 1. The van der Waals surface area contributed by atoms with Gasteiger partial charge in [-0.2, -0.15) is 0 Å². The highest BCUT2D eigenvalue weighted by Gasteiger charge is 2.51. The highest BCUT2D eigenvalue weighted by atomic mass is 16.1. The van der Waals surface area contributed by atoms with Gasteiger partial charge in [-0.1, -0.05) is 20.3 Å². The van der Waals surface area contributed by atoms with Gasteiger partial charge in [-0.05, 0) is 36.5 Å². The molecule has 13 heavy (non-hydrogen) atoms. The number of primary amides is 1. The summed E-state index contributed by atoms with van der Waals surface area (Å²) >= 11 is 0. The third-order valence-corrected chi connectivity index (χ3v) is 4.39. The fourth-order valence-electron chi connectivity index (χ4n) is 3.80. The maximum atomic E-state index is 11.2. The van der Waals surface area contributed by atoms with Crippen LogP contribution in [0.5, 0.6) is 0 Å². The van der Waals surface area contributed by atoms with E-state index in [-0.39, 0.29) is 11.8 Å². The zero-order valence-corrected chi connectivity index (χ0v) is 8.49. The molecule has 2 aliphatic rings. The van der Waals surface area contributed by atoms with Crippen molar-refractivity contribution in [3.63, 3.8) is 0 Å². The van der Waals surface area contributed by atoms with E-state index in [1.165, 1.54) is 19.3 Å². The predicted molar refractivity (Wildman–Crippen MR) is 51.8 cm³/mol. The first-order valence-electron chi connectivity index (χ1n) is 5.44. The first kappa shape index (κ1) is 9.04. The van der Waals surface area contributed by atoms with Crippen LogP contribution in [0.3, 0.4) is 0 Å². The van der Waals surface area contributed by atoms with Gasteiger partial charge in [0.1, 0.15) is 0 Å². The van der Waals surface area contributed by atoms with E-state index in [4.69, 9.17) is 5.73 Å². The van der Waals surface area contributed by atoms with Crippen LogP contribution in [0.4, 0.5) is 0 Å². The van der Waals surface area contributed by atoms with Crippen LogP contribution in [0.2, 0.25) is 0 Å². The molecule has 0 spiro atoms. The molecule has 0 aromatic heterocycles. The van der Waals surface area contributed by atoms with Gasteiger partial charge in [0.25, 0.3) is 0 Å². The number of nitrogens with two attached hydrogens (primary N) is 1. The van der Waals surface area contributed by atoms with Crippen molar-refractivity contribution in [2.75, 3.05) is 0 Å². The van der Waals surface area contributed by atoms with E-state index < -0.39 is 0 Å². The van der Waals surface area contributed by atoms with Crippen LogP contribution in [0.25, 0.3) is 0 Å². The molecule has 0 aromatic rings. The highest BCUT2D eigenvalue weighted by molar-refractivity contribution is 5.77. The van der Waals surface area contributed by atoms with Gasteiger partial charge in [-0.15, -0.1) is 0 Å². The van der Waals surface area contributed by atoms with E-state index in [9.17, 15) is 4.79 Å². The average molecular weight is 181 g/mol. The molecular weight excluding hydrogens is 162 g/mol. The fraction of sp³-hybridized carbons (Fsp3) is 0.909. The molecule has 2 heteroatoms. The maximum absolute atomic E-state index is 11.2. The number of rotatable bonds is 2. The molecule has 1 amide bonds. The van der Waals surface area contributed by atoms with E-state index in [1.54, 1.807) is 0 Å². The van der Waals surface area contributed by atoms with Gasteiger partial charge in [0.05, 0.1) is 0 Å². The summed E-state index contributed by atoms with van der Waals surface area (Å²) in [6.45, 7) is 4.47. The largest absolute Gasteiger partial charge is 0.369 e. The predicted octanol–water partition coefficient (Wildman–Crippen LogP) is 1.79. The van der Waals surface area contributed by atoms with Crippen molar-refractivity contribution in [3.8, 4) is 0 Å². The second-order valence-corrected chi connectivity index (χ2v) is 4.85. The summed E-state index contributed by atoms with van der Waals surface area (Å²) < 4.78 is 0. The summed E-state index contributed by atoms with van der Waals surface area (Å²) in [7, 11) is 0. The quantitative estimate of drug-likeness (QED) is 0.693. The Kier molecular flexibility index (Phi) is 2.09. The minimum absolute atomic E-state index is 0.0606. The van der Waals surface area contributed by atoms with Crippen molar-refractivity contribution in [3.05, 3.63) is 0 Å². The van der Waals surface area contributed by atoms with Crippen molar-refractivity contribution < 1.29 is 4.79 Å². The molecule has 0 heterocycles. The summed E-state index contributed by atoms with van der Waals surface area (Å²) in [4.78, 5) is 11.2. The Labute approximate surface area is 79.9 Å². The molecule has 74 valence electrons. The fourth-order valence-corrected chi connectivity index (χ4v) is 3.80. The van der Waals surface area contributed by atoms with Crippen molar-refractivity contribution in [1.29, 1.82) is 0 Å². The number of fused-ring (bicyclic) bond motifs is 2. The number of hydrogen-bond donors (Lipinski definition) is 1. The Balaban J connectivity index is 2.13. The normalized spacial score (nSPS) is 48.3. The van der Waals surface area contributed by atoms with Crippen LogP contribution in [0, 0.1) is 29.6 Å². The zero-order valence-electron chi connectivity index (χ0n) is 8.49. The lowest BCUT2D eigenvalue weighted by Gasteiger charge is -2.31. The van der Waals surface area contributed by atoms with E-state index >= 15 is 0 Å². The van der Waals surface area contributed by atoms with Gasteiger partial charge >= 0.3 is 0 Å². The topological polar surface area (TPSA) is 43.1 Å². The molecule has 0 radical (unpaired) electrons. The Bertz CT molecular complexity index is 222. The second kappa shape index (κ2) is 3.00. The van der Waals surface area contributed by atoms with Crippen molar-refractivity contribution in [2.45, 2.75) is 33.1 Å². The third kappa shape index (κ3) is 1.18. The van der Waals surface area contributed by atoms with Gasteiger partial charge in [0.15, 0.2) is 0 Å². The Morgan fingerprint density at radius 2 is 2.15 bits per heavy atom. The van der Waals surface area contributed by atoms with Crippen LogP contribution in [0.15, 0.2) is 0 Å². The van der Waals surface area contributed by atoms with Crippen LogP contribution < -0.4 is 5.73 Å². The van der Waals surface area contributed by atoms with E-state index in [0.717, 1.165) is 11.8 Å². The molecule has 2 aliphatic carbocycles. The molecule has 2 fully saturated rings. The SMILES string of the molecule is CCC1CC2CC1C(C)C2C(N)=O. The molecule has 2 N–H and O–H groups in total. The third-order valence-electron chi connectivity index (χ3n) is 4.39. The lowest BCUT2D eigenvalue weighted by molar-refractivity contribution is -0.125. The van der Waals surface area contributed by atoms with Gasteiger partial charge < -0.3 is 5.73 Å². The van der Waals surface area contributed by atoms with E-state index in [2.05, 4.69) is 13.8 Å². The number of carbonyl (C=O) groups excluding carboxylic acids is 1. The number of carbonyl (C=O) groups is 1. The molecule has 2 saturated carbocycles. The first-order valence-corrected chi connectivity index (χ1v) is 5.44. The maximum Gasteiger partial charge on any atom is 0.221 e. The lowest BCUT2D eigenvalue weighted by atomic mass is 9.74. The molecule has 5 atom stereocenters. The van der Waals surface area contributed by atoms with Crippen LogP contribution in [-0.2, 0) is 4.79 Å². The molecular formula is C11H19NO. The molecule has 5 unspecified atom stereocenters. The standard InChI is InChI=1S/C11H19NO/c1-3-7-4-8-5-9(7)6(2)10(8)11(12)13/h6-10H,3-5H2,1-2H3,(H2,12,13). The Morgan fingerprint density at radius 3 is 2.62 bits per heavy atom.